The number of aryl methyl sites for hydroxylation is 1. The molecule has 2 aliphatic rings. The molecule has 2 fully saturated rings. The number of benzene rings is 1. The van der Waals surface area contributed by atoms with Crippen LogP contribution in [0.2, 0.25) is 0 Å². The molecule has 0 aliphatic carbocycles. The number of aromatic nitrogens is 4. The van der Waals surface area contributed by atoms with Crippen molar-refractivity contribution in [3.8, 4) is 11.4 Å². The van der Waals surface area contributed by atoms with Crippen LogP contribution in [0.25, 0.3) is 11.4 Å². The maximum absolute atomic E-state index is 13.0. The van der Waals surface area contributed by atoms with Gasteiger partial charge in [-0.2, -0.15) is 4.80 Å². The quantitative estimate of drug-likeness (QED) is 0.765. The zero-order valence-electron chi connectivity index (χ0n) is 16.6. The molecular formula is C20H25FN6O2. The van der Waals surface area contributed by atoms with Crippen LogP contribution >= 0.6 is 0 Å². The van der Waals surface area contributed by atoms with Crippen LogP contribution in [-0.4, -0.2) is 67.5 Å². The third-order valence-electron chi connectivity index (χ3n) is 5.92. The minimum absolute atomic E-state index is 0.0185. The molecule has 2 aromatic rings. The second-order valence-corrected chi connectivity index (χ2v) is 7.83. The van der Waals surface area contributed by atoms with E-state index in [9.17, 15) is 14.0 Å². The van der Waals surface area contributed by atoms with E-state index in [-0.39, 0.29) is 17.6 Å². The van der Waals surface area contributed by atoms with Crippen LogP contribution < -0.4 is 0 Å². The molecule has 0 bridgehead atoms. The van der Waals surface area contributed by atoms with Gasteiger partial charge >= 0.3 is 0 Å². The summed E-state index contributed by atoms with van der Waals surface area (Å²) in [4.78, 5) is 30.7. The largest absolute Gasteiger partial charge is 0.344 e. The predicted molar refractivity (Wildman–Crippen MR) is 103 cm³/mol. The molecule has 1 unspecified atom stereocenters. The van der Waals surface area contributed by atoms with Crippen LogP contribution in [0.1, 0.15) is 38.5 Å². The minimum Gasteiger partial charge on any atom is -0.344 e. The smallest absolute Gasteiger partial charge is 0.248 e. The van der Waals surface area contributed by atoms with Crippen molar-refractivity contribution in [2.75, 3.05) is 20.1 Å². The Kier molecular flexibility index (Phi) is 5.29. The Morgan fingerprint density at radius 3 is 2.66 bits per heavy atom. The first-order valence-electron chi connectivity index (χ1n) is 10.1. The van der Waals surface area contributed by atoms with Crippen molar-refractivity contribution in [3.63, 3.8) is 0 Å². The molecule has 9 heteroatoms. The number of carbonyl (C=O) groups is 2. The summed E-state index contributed by atoms with van der Waals surface area (Å²) in [5.74, 6) is 0.203. The molecule has 1 aromatic carbocycles. The number of halogens is 1. The summed E-state index contributed by atoms with van der Waals surface area (Å²) in [5, 5.41) is 12.3. The van der Waals surface area contributed by atoms with E-state index in [2.05, 4.69) is 15.4 Å². The average Bonchev–Trinajstić information content (AvgIpc) is 3.35. The van der Waals surface area contributed by atoms with Gasteiger partial charge in [0.1, 0.15) is 11.4 Å². The van der Waals surface area contributed by atoms with Gasteiger partial charge in [-0.1, -0.05) is 0 Å². The molecule has 0 radical (unpaired) electrons. The van der Waals surface area contributed by atoms with Gasteiger partial charge in [-0.25, -0.2) is 4.39 Å². The van der Waals surface area contributed by atoms with E-state index in [1.54, 1.807) is 17.0 Å². The lowest BCUT2D eigenvalue weighted by Crippen LogP contribution is -2.60. The van der Waals surface area contributed by atoms with Crippen molar-refractivity contribution in [2.45, 2.75) is 50.6 Å². The van der Waals surface area contributed by atoms with Crippen molar-refractivity contribution in [2.24, 2.45) is 0 Å². The number of tetrazole rings is 1. The first kappa shape index (κ1) is 19.5. The standard InChI is InChI=1S/C20H25FN6O2/c1-25-12-3-10-20(19(25)29)11-4-13-26(20)17(28)5-2-14-27-23-18(22-24-27)15-6-8-16(21)9-7-15/h6-9H,2-5,10-14H2,1H3. The van der Waals surface area contributed by atoms with Crippen molar-refractivity contribution < 1.29 is 14.0 Å². The predicted octanol–water partition coefficient (Wildman–Crippen LogP) is 1.87. The maximum atomic E-state index is 13.0. The summed E-state index contributed by atoms with van der Waals surface area (Å²) < 4.78 is 13.0. The first-order chi connectivity index (χ1) is 14.0. The fourth-order valence-electron chi connectivity index (χ4n) is 4.46. The van der Waals surface area contributed by atoms with Crippen LogP contribution in [0.5, 0.6) is 0 Å². The number of rotatable bonds is 5. The van der Waals surface area contributed by atoms with E-state index >= 15 is 0 Å². The molecule has 154 valence electrons. The van der Waals surface area contributed by atoms with E-state index in [4.69, 9.17) is 0 Å². The van der Waals surface area contributed by atoms with E-state index in [1.807, 2.05) is 11.9 Å². The van der Waals surface area contributed by atoms with Gasteiger partial charge in [-0.3, -0.25) is 9.59 Å². The van der Waals surface area contributed by atoms with E-state index in [0.29, 0.717) is 37.3 Å². The molecule has 0 N–H and O–H groups in total. The lowest BCUT2D eigenvalue weighted by atomic mass is 9.85. The van der Waals surface area contributed by atoms with Gasteiger partial charge in [-0.15, -0.1) is 10.2 Å². The summed E-state index contributed by atoms with van der Waals surface area (Å²) in [6.07, 6.45) is 4.22. The topological polar surface area (TPSA) is 84.2 Å². The molecule has 1 aromatic heterocycles. The highest BCUT2D eigenvalue weighted by atomic mass is 19.1. The number of hydrogen-bond acceptors (Lipinski definition) is 5. The highest BCUT2D eigenvalue weighted by Crippen LogP contribution is 2.38. The van der Waals surface area contributed by atoms with Crippen molar-refractivity contribution in [1.82, 2.24) is 30.0 Å². The Bertz CT molecular complexity index is 899. The number of amides is 2. The first-order valence-corrected chi connectivity index (χ1v) is 10.1. The Hall–Kier alpha value is -2.84. The van der Waals surface area contributed by atoms with Gasteiger partial charge in [0, 0.05) is 32.1 Å². The lowest BCUT2D eigenvalue weighted by Gasteiger charge is -2.43. The number of hydrogen-bond donors (Lipinski definition) is 0. The van der Waals surface area contributed by atoms with Crippen LogP contribution in [-0.2, 0) is 16.1 Å². The highest BCUT2D eigenvalue weighted by molar-refractivity contribution is 5.92. The molecule has 8 nitrogen and oxygen atoms in total. The minimum atomic E-state index is -0.634. The van der Waals surface area contributed by atoms with Crippen LogP contribution in [0.15, 0.2) is 24.3 Å². The van der Waals surface area contributed by atoms with Crippen LogP contribution in [0.4, 0.5) is 4.39 Å². The van der Waals surface area contributed by atoms with E-state index in [0.717, 1.165) is 32.2 Å². The number of likely N-dealkylation sites (N-methyl/N-ethyl adjacent to an activating group) is 1. The summed E-state index contributed by atoms with van der Waals surface area (Å²) in [6.45, 7) is 1.86. The molecule has 0 saturated carbocycles. The van der Waals surface area contributed by atoms with Gasteiger partial charge in [0.05, 0.1) is 6.54 Å². The number of piperidine rings is 1. The third-order valence-corrected chi connectivity index (χ3v) is 5.92. The number of likely N-dealkylation sites (tertiary alicyclic amines) is 2. The average molecular weight is 400 g/mol. The zero-order chi connectivity index (χ0) is 20.4. The molecule has 2 amide bonds. The summed E-state index contributed by atoms with van der Waals surface area (Å²) in [5.41, 5.74) is 0.0541. The molecule has 2 saturated heterocycles. The van der Waals surface area contributed by atoms with Crippen molar-refractivity contribution in [1.29, 1.82) is 0 Å². The Balaban J connectivity index is 1.34. The fraction of sp³-hybridized carbons (Fsp3) is 0.550. The summed E-state index contributed by atoms with van der Waals surface area (Å²) in [7, 11) is 1.82. The summed E-state index contributed by atoms with van der Waals surface area (Å²) in [6, 6.07) is 5.91. The van der Waals surface area contributed by atoms with Gasteiger partial charge < -0.3 is 9.80 Å². The van der Waals surface area contributed by atoms with Gasteiger partial charge in [0.15, 0.2) is 0 Å². The second-order valence-electron chi connectivity index (χ2n) is 7.83. The zero-order valence-corrected chi connectivity index (χ0v) is 16.6. The SMILES string of the molecule is CN1CCCC2(CCCN2C(=O)CCCn2nnc(-c3ccc(F)cc3)n2)C1=O. The molecule has 2 aliphatic heterocycles. The molecule has 1 atom stereocenters. The highest BCUT2D eigenvalue weighted by Gasteiger charge is 2.51. The van der Waals surface area contributed by atoms with Gasteiger partial charge in [0.25, 0.3) is 0 Å². The monoisotopic (exact) mass is 400 g/mol. The molecule has 3 heterocycles. The van der Waals surface area contributed by atoms with Crippen LogP contribution in [0, 0.1) is 5.82 Å². The molecular weight excluding hydrogens is 375 g/mol. The Morgan fingerprint density at radius 1 is 1.17 bits per heavy atom. The Labute approximate surface area is 168 Å². The normalized spacial score (nSPS) is 21.9. The fourth-order valence-corrected chi connectivity index (χ4v) is 4.46. The molecule has 29 heavy (non-hydrogen) atoms. The van der Waals surface area contributed by atoms with Gasteiger partial charge in [-0.05, 0) is 61.6 Å². The van der Waals surface area contributed by atoms with E-state index in [1.165, 1.54) is 16.9 Å². The maximum Gasteiger partial charge on any atom is 0.248 e. The molecule has 1 spiro atoms. The molecule has 4 rings (SSSR count). The third kappa shape index (κ3) is 3.73. The van der Waals surface area contributed by atoms with Crippen molar-refractivity contribution in [3.05, 3.63) is 30.1 Å². The number of carbonyl (C=O) groups excluding carboxylic acids is 2. The second kappa shape index (κ2) is 7.88. The lowest BCUT2D eigenvalue weighted by molar-refractivity contribution is -0.154. The van der Waals surface area contributed by atoms with Gasteiger partial charge in [0.2, 0.25) is 17.6 Å². The Morgan fingerprint density at radius 2 is 1.90 bits per heavy atom. The van der Waals surface area contributed by atoms with Crippen LogP contribution in [0.3, 0.4) is 0 Å². The van der Waals surface area contributed by atoms with E-state index < -0.39 is 5.54 Å². The number of nitrogens with zero attached hydrogens (tertiary/aromatic N) is 6. The summed E-state index contributed by atoms with van der Waals surface area (Å²) >= 11 is 0. The van der Waals surface area contributed by atoms with Crippen molar-refractivity contribution >= 4 is 11.8 Å².